The molecule has 0 amide bonds. The number of aliphatic hydroxyl groups is 5. The normalized spacial score (nSPS) is 32.4. The first kappa shape index (κ1) is 113. The third kappa shape index (κ3) is 21.9. The molecule has 6 aliphatic rings. The fourth-order valence-electron chi connectivity index (χ4n) is 23.6. The second kappa shape index (κ2) is 44.5. The number of carbonyl (C=O) groups excluding carboxylic acids is 6. The fourth-order valence-corrected chi connectivity index (χ4v) is 35.2. The van der Waals surface area contributed by atoms with Crippen LogP contribution in [0.5, 0.6) is 0 Å². The number of hydrogen-bond donors (Lipinski definition) is 5. The Hall–Kier alpha value is -4.83. The van der Waals surface area contributed by atoms with E-state index in [4.69, 9.17) is 55.6 Å². The molecule has 27 heteroatoms. The van der Waals surface area contributed by atoms with Gasteiger partial charge in [-0.1, -0.05) is 222 Å². The van der Waals surface area contributed by atoms with Crippen LogP contribution < -0.4 is 0 Å². The minimum atomic E-state index is -2.50. The molecule has 4 aliphatic carbocycles. The first-order valence-corrected chi connectivity index (χ1v) is 58.9. The van der Waals surface area contributed by atoms with Crippen LogP contribution in [0, 0.1) is 63.1 Å². The Balaban J connectivity index is 0.000000395. The van der Waals surface area contributed by atoms with E-state index in [1.54, 1.807) is 103 Å². The number of aliphatic hydroxyl groups excluding tert-OH is 3. The zero-order valence-electron chi connectivity index (χ0n) is 84.6. The first-order chi connectivity index (χ1) is 59.6. The largest absolute Gasteiger partial charge is 0.456 e. The van der Waals surface area contributed by atoms with Crippen LogP contribution in [-0.2, 0) is 74.8 Å². The molecule has 0 spiro atoms. The molecular weight excluding hydrogens is 1710 g/mol. The molecule has 0 bridgehead atoms. The maximum atomic E-state index is 14.6. The number of fused-ring (bicyclic) bond motifs is 6. The SMILES string of the molecule is C.CC[Si](CC)(CC)OC(C(=O)O[C@@H](C)/C(C)=C1/[C@H](C)[C@H](O)[C@]2(C)[C@@H](O[Si](CC)(CC)CC)C[C@H]3OC[C@@]3(OC(C)=O)[C@H]2[C@H](OC(=O)c2ccccc2)[C@@](C)(O)C1(C)C)[C@@H](C)CC(C)C.CC[Si](CC)(CC)OC(C(=O)O[C@@H](C)/C(C)=C1/[C@H](O)[C@H](O)[C@]2(C)[C@@H](O[Si](CC)(CC)CC)C[C@H]3OC[C@@]3(OC(C)=O)[C@H]2[C@H](OC(=O)c2ccccc2)[C@@](C)(O)C1(C)C)[C@@H](C)CC(C)C. The average molecular weight is 1880 g/mol. The first-order valence-electron chi connectivity index (χ1n) is 48.7. The van der Waals surface area contributed by atoms with Gasteiger partial charge in [-0.25, -0.2) is 19.2 Å². The van der Waals surface area contributed by atoms with E-state index in [0.717, 1.165) is 85.4 Å². The van der Waals surface area contributed by atoms with Gasteiger partial charge in [-0.15, -0.1) is 0 Å². The van der Waals surface area contributed by atoms with Crippen LogP contribution in [0.15, 0.2) is 83.0 Å². The van der Waals surface area contributed by atoms with Gasteiger partial charge in [0.05, 0.1) is 60.6 Å². The van der Waals surface area contributed by atoms with Crippen LogP contribution in [0.25, 0.3) is 0 Å². The van der Waals surface area contributed by atoms with Crippen molar-refractivity contribution in [2.75, 3.05) is 13.2 Å². The Kier molecular flexibility index (Phi) is 39.0. The molecule has 129 heavy (non-hydrogen) atoms. The summed E-state index contributed by atoms with van der Waals surface area (Å²) < 4.78 is 80.1. The van der Waals surface area contributed by atoms with Crippen molar-refractivity contribution in [3.8, 4) is 0 Å². The Bertz CT molecular complexity index is 3800. The van der Waals surface area contributed by atoms with Crippen molar-refractivity contribution < 1.29 is 110 Å². The van der Waals surface area contributed by atoms with Crippen molar-refractivity contribution in [3.05, 3.63) is 94.1 Å². The van der Waals surface area contributed by atoms with Crippen LogP contribution in [0.3, 0.4) is 0 Å². The highest BCUT2D eigenvalue weighted by atomic mass is 28.4. The van der Waals surface area contributed by atoms with Crippen LogP contribution in [-0.4, -0.2) is 210 Å². The molecule has 2 aromatic rings. The predicted molar refractivity (Wildman–Crippen MR) is 517 cm³/mol. The molecule has 2 unspecified atom stereocenters. The van der Waals surface area contributed by atoms with E-state index in [2.05, 4.69) is 118 Å². The highest BCUT2D eigenvalue weighted by Gasteiger charge is 2.79. The molecule has 4 saturated carbocycles. The summed E-state index contributed by atoms with van der Waals surface area (Å²) in [6, 6.07) is 27.2. The third-order valence-electron chi connectivity index (χ3n) is 33.4. The Morgan fingerprint density at radius 2 is 0.736 bits per heavy atom. The van der Waals surface area contributed by atoms with E-state index in [0.29, 0.717) is 35.0 Å². The third-order valence-corrected chi connectivity index (χ3v) is 51.9. The summed E-state index contributed by atoms with van der Waals surface area (Å²) in [5, 5.41) is 66.9. The van der Waals surface area contributed by atoms with Crippen LogP contribution in [0.2, 0.25) is 72.5 Å². The van der Waals surface area contributed by atoms with Gasteiger partial charge in [0.2, 0.25) is 0 Å². The van der Waals surface area contributed by atoms with E-state index in [1.807, 2.05) is 54.5 Å². The second-order valence-electron chi connectivity index (χ2n) is 41.7. The highest BCUT2D eigenvalue weighted by molar-refractivity contribution is 6.75. The number of rotatable bonds is 38. The molecule has 736 valence electrons. The minimum Gasteiger partial charge on any atom is -0.456 e. The molecular formula is C102H174O23Si4. The summed E-state index contributed by atoms with van der Waals surface area (Å²) in [5.74, 6) is -5.82. The summed E-state index contributed by atoms with van der Waals surface area (Å²) >= 11 is 0. The monoisotopic (exact) mass is 1880 g/mol. The van der Waals surface area contributed by atoms with E-state index in [1.165, 1.54) is 13.8 Å². The number of carbonyl (C=O) groups is 6. The Morgan fingerprint density at radius 1 is 0.442 bits per heavy atom. The van der Waals surface area contributed by atoms with Gasteiger partial charge in [0, 0.05) is 54.3 Å². The molecule has 2 aromatic carbocycles. The average Bonchev–Trinajstić information content (AvgIpc) is 0.676. The summed E-state index contributed by atoms with van der Waals surface area (Å²) in [6.07, 6.45) is -11.3. The van der Waals surface area contributed by atoms with Crippen molar-refractivity contribution in [2.45, 2.75) is 436 Å². The van der Waals surface area contributed by atoms with Crippen molar-refractivity contribution >= 4 is 69.1 Å². The summed E-state index contributed by atoms with van der Waals surface area (Å²) in [4.78, 5) is 84.4. The lowest BCUT2D eigenvalue weighted by molar-refractivity contribution is -0.360. The predicted octanol–water partition coefficient (Wildman–Crippen LogP) is 20.2. The molecule has 5 N–H and O–H groups in total. The van der Waals surface area contributed by atoms with Gasteiger partial charge in [-0.2, -0.15) is 0 Å². The lowest BCUT2D eigenvalue weighted by atomic mass is 9.45. The number of ether oxygens (including phenoxy) is 8. The van der Waals surface area contributed by atoms with Crippen molar-refractivity contribution in [1.82, 2.24) is 0 Å². The maximum Gasteiger partial charge on any atom is 0.338 e. The standard InChI is InChI=1S/C51H86O11Si2.C50H84O12Si2.CH4/c1-18-63(19-2,20-3)61-39-30-40-51(31-57-40,60-37(13)52)43-45(59-46(54)38-27-25-24-26-28-38)50(17,56)48(14,15)41(35(11)44(53)49(39,43)16)34(10)36(12)58-47(55)42(33(9)29-32(7)8)62-64(21-4,22-5)23-6;1-17-63(18-2,19-3)61-37-29-38-50(30-57-38,60-35(12)51)42-44(59-45(54)36-26-24-23-25-27-36)49(16,56)47(13,14)39(40(52)43(53)48(37,42)15)33(10)34(11)58-46(55)41(32(9)28-31(7)8)62-64(20-4,21-5)22-6;/h24-28,32-33,35-36,39-40,42-45,53,56H,18-23,29-31H2,1-17H3;23-27,31-32,34,37-38,40-44,52-53,56H,17-22,28-30H2,1-16H3;1H4/b41-34-;39-33-;/t33-,35-,36-,39-,40+,42?,43-,44-,45-,49+,50+,51-;32-,34-,37-,38+,40-,41?,42-,43-,44-,48+,49+,50-;/m00./s1. The highest BCUT2D eigenvalue weighted by Crippen LogP contribution is 2.67. The Labute approximate surface area is 780 Å². The minimum absolute atomic E-state index is 0. The molecule has 0 aromatic heterocycles. The molecule has 23 nitrogen and oxygen atoms in total. The number of benzene rings is 2. The number of esters is 6. The lowest BCUT2D eigenvalue weighted by Crippen LogP contribution is -2.82. The molecule has 2 aliphatic heterocycles. The van der Waals surface area contributed by atoms with Gasteiger partial charge < -0.3 is 81.1 Å². The summed E-state index contributed by atoms with van der Waals surface area (Å²) in [7, 11) is -9.43. The van der Waals surface area contributed by atoms with E-state index in [-0.39, 0.29) is 55.6 Å². The van der Waals surface area contributed by atoms with Gasteiger partial charge in [0.15, 0.2) is 44.5 Å². The van der Waals surface area contributed by atoms with E-state index >= 15 is 0 Å². The molecule has 2 saturated heterocycles. The van der Waals surface area contributed by atoms with Crippen LogP contribution in [0.4, 0.5) is 0 Å². The Morgan fingerprint density at radius 3 is 1.02 bits per heavy atom. The van der Waals surface area contributed by atoms with Crippen molar-refractivity contribution in [1.29, 1.82) is 0 Å². The van der Waals surface area contributed by atoms with Gasteiger partial charge >= 0.3 is 35.8 Å². The van der Waals surface area contributed by atoms with Gasteiger partial charge in [0.25, 0.3) is 0 Å². The van der Waals surface area contributed by atoms with Crippen molar-refractivity contribution in [2.24, 2.45) is 63.1 Å². The molecule has 8 rings (SSSR count). The van der Waals surface area contributed by atoms with Crippen LogP contribution >= 0.6 is 0 Å². The molecule has 2 heterocycles. The van der Waals surface area contributed by atoms with E-state index < -0.39 is 210 Å². The lowest BCUT2D eigenvalue weighted by Gasteiger charge is -2.69. The quantitative estimate of drug-likeness (QED) is 0.0180. The van der Waals surface area contributed by atoms with Crippen molar-refractivity contribution in [3.63, 3.8) is 0 Å². The maximum absolute atomic E-state index is 14.6. The summed E-state index contributed by atoms with van der Waals surface area (Å²) in [6.45, 7) is 64.2. The fraction of sp³-hybridized carbons (Fsp3) is 0.784. The van der Waals surface area contributed by atoms with Gasteiger partial charge in [0.1, 0.15) is 66.1 Å². The zero-order chi connectivity index (χ0) is 96.8. The zero-order valence-corrected chi connectivity index (χ0v) is 88.6. The topological polar surface area (TPSA) is 314 Å². The summed E-state index contributed by atoms with van der Waals surface area (Å²) in [5.41, 5.74) is -9.86. The smallest absolute Gasteiger partial charge is 0.338 e. The number of hydrogen-bond acceptors (Lipinski definition) is 23. The van der Waals surface area contributed by atoms with Gasteiger partial charge in [-0.05, 0) is 192 Å². The van der Waals surface area contributed by atoms with E-state index in [9.17, 15) is 54.3 Å². The van der Waals surface area contributed by atoms with Crippen LogP contribution in [0.1, 0.15) is 282 Å². The molecule has 0 radical (unpaired) electrons. The second-order valence-corrected chi connectivity index (χ2v) is 60.6. The van der Waals surface area contributed by atoms with Gasteiger partial charge in [-0.3, -0.25) is 9.59 Å². The molecule has 6 fully saturated rings. The molecule has 24 atom stereocenters.